The van der Waals surface area contributed by atoms with Crippen molar-refractivity contribution in [2.24, 2.45) is 5.16 Å². The summed E-state index contributed by atoms with van der Waals surface area (Å²) >= 11 is 0. The van der Waals surface area contributed by atoms with E-state index in [0.29, 0.717) is 6.54 Å². The van der Waals surface area contributed by atoms with Crippen LogP contribution in [0.3, 0.4) is 0 Å². The van der Waals surface area contributed by atoms with Gasteiger partial charge >= 0.3 is 0 Å². The lowest BCUT2D eigenvalue weighted by molar-refractivity contribution is -0.125. The SMILES string of the molecule is O=C(CON=Cc1ccc(N2CCOCC2)cc1)NCCC1=CCCCC1. The zero-order valence-electron chi connectivity index (χ0n) is 15.9. The van der Waals surface area contributed by atoms with E-state index in [-0.39, 0.29) is 12.5 Å². The molecule has 6 nitrogen and oxygen atoms in total. The first-order valence-electron chi connectivity index (χ1n) is 9.84. The minimum atomic E-state index is -0.133. The summed E-state index contributed by atoms with van der Waals surface area (Å²) in [4.78, 5) is 19.2. The van der Waals surface area contributed by atoms with Crippen LogP contribution in [0.25, 0.3) is 0 Å². The molecule has 2 aliphatic rings. The van der Waals surface area contributed by atoms with E-state index >= 15 is 0 Å². The number of nitrogens with one attached hydrogen (secondary N) is 1. The molecule has 0 spiro atoms. The Hall–Kier alpha value is -2.34. The third kappa shape index (κ3) is 6.71. The van der Waals surface area contributed by atoms with Gasteiger partial charge in [-0.2, -0.15) is 0 Å². The highest BCUT2D eigenvalue weighted by Gasteiger charge is 2.10. The topological polar surface area (TPSA) is 63.2 Å². The number of hydrogen-bond acceptors (Lipinski definition) is 5. The summed E-state index contributed by atoms with van der Waals surface area (Å²) in [6.45, 7) is 4.00. The molecule has 6 heteroatoms. The van der Waals surface area contributed by atoms with Gasteiger partial charge in [0.2, 0.25) is 0 Å². The van der Waals surface area contributed by atoms with Crippen LogP contribution in [-0.4, -0.2) is 51.6 Å². The van der Waals surface area contributed by atoms with Crippen LogP contribution in [0.2, 0.25) is 0 Å². The van der Waals surface area contributed by atoms with Crippen molar-refractivity contribution < 1.29 is 14.4 Å². The van der Waals surface area contributed by atoms with Gasteiger partial charge in [0.05, 0.1) is 19.4 Å². The molecule has 1 amide bonds. The molecular formula is C21H29N3O3. The predicted molar refractivity (Wildman–Crippen MR) is 107 cm³/mol. The first-order chi connectivity index (χ1) is 13.3. The van der Waals surface area contributed by atoms with Gasteiger partial charge in [0.25, 0.3) is 5.91 Å². The van der Waals surface area contributed by atoms with Gasteiger partial charge < -0.3 is 19.8 Å². The minimum Gasteiger partial charge on any atom is -0.386 e. The van der Waals surface area contributed by atoms with Gasteiger partial charge in [-0.3, -0.25) is 4.79 Å². The summed E-state index contributed by atoms with van der Waals surface area (Å²) in [5, 5.41) is 6.77. The minimum absolute atomic E-state index is 0.0542. The van der Waals surface area contributed by atoms with Crippen molar-refractivity contribution in [2.45, 2.75) is 32.1 Å². The van der Waals surface area contributed by atoms with Gasteiger partial charge in [-0.05, 0) is 49.8 Å². The quantitative estimate of drug-likeness (QED) is 0.434. The van der Waals surface area contributed by atoms with Crippen molar-refractivity contribution in [2.75, 3.05) is 44.4 Å². The number of carbonyl (C=O) groups is 1. The highest BCUT2D eigenvalue weighted by atomic mass is 16.6. The lowest BCUT2D eigenvalue weighted by Crippen LogP contribution is -2.36. The van der Waals surface area contributed by atoms with Gasteiger partial charge in [-0.25, -0.2) is 0 Å². The molecule has 1 fully saturated rings. The molecule has 1 aliphatic heterocycles. The summed E-state index contributed by atoms with van der Waals surface area (Å²) in [6.07, 6.45) is 9.77. The van der Waals surface area contributed by atoms with Gasteiger partial charge in [0.1, 0.15) is 0 Å². The Morgan fingerprint density at radius 2 is 2.04 bits per heavy atom. The monoisotopic (exact) mass is 371 g/mol. The van der Waals surface area contributed by atoms with Crippen LogP contribution in [0.5, 0.6) is 0 Å². The van der Waals surface area contributed by atoms with Crippen molar-refractivity contribution in [1.82, 2.24) is 5.32 Å². The first kappa shape index (κ1) is 19.4. The zero-order valence-corrected chi connectivity index (χ0v) is 15.9. The number of ether oxygens (including phenoxy) is 1. The van der Waals surface area contributed by atoms with Crippen LogP contribution in [0.1, 0.15) is 37.7 Å². The molecule has 27 heavy (non-hydrogen) atoms. The van der Waals surface area contributed by atoms with Crippen LogP contribution in [0, 0.1) is 0 Å². The fraction of sp³-hybridized carbons (Fsp3) is 0.524. The maximum atomic E-state index is 11.8. The molecule has 0 radical (unpaired) electrons. The highest BCUT2D eigenvalue weighted by Crippen LogP contribution is 2.19. The average molecular weight is 371 g/mol. The lowest BCUT2D eigenvalue weighted by atomic mass is 9.97. The predicted octanol–water partition coefficient (Wildman–Crippen LogP) is 2.88. The largest absolute Gasteiger partial charge is 0.386 e. The molecule has 0 saturated carbocycles. The Labute approximate surface area is 161 Å². The molecule has 0 aromatic heterocycles. The number of amides is 1. The Morgan fingerprint density at radius 1 is 1.22 bits per heavy atom. The Bertz CT molecular complexity index is 649. The molecule has 0 atom stereocenters. The number of anilines is 1. The van der Waals surface area contributed by atoms with E-state index in [2.05, 4.69) is 33.6 Å². The molecule has 1 saturated heterocycles. The smallest absolute Gasteiger partial charge is 0.260 e. The molecule has 1 aromatic rings. The van der Waals surface area contributed by atoms with E-state index in [1.165, 1.54) is 36.9 Å². The number of hydrogen-bond donors (Lipinski definition) is 1. The van der Waals surface area contributed by atoms with Crippen LogP contribution in [-0.2, 0) is 14.4 Å². The van der Waals surface area contributed by atoms with E-state index in [9.17, 15) is 4.79 Å². The third-order valence-electron chi connectivity index (χ3n) is 4.89. The molecule has 3 rings (SSSR count). The average Bonchev–Trinajstić information content (AvgIpc) is 2.73. The van der Waals surface area contributed by atoms with Crippen molar-refractivity contribution in [3.63, 3.8) is 0 Å². The summed E-state index contributed by atoms with van der Waals surface area (Å²) in [5.74, 6) is -0.133. The number of carbonyl (C=O) groups excluding carboxylic acids is 1. The summed E-state index contributed by atoms with van der Waals surface area (Å²) < 4.78 is 5.37. The van der Waals surface area contributed by atoms with Gasteiger partial charge in [-0.15, -0.1) is 0 Å². The highest BCUT2D eigenvalue weighted by molar-refractivity contribution is 5.80. The summed E-state index contributed by atoms with van der Waals surface area (Å²) in [7, 11) is 0. The maximum Gasteiger partial charge on any atom is 0.260 e. The number of rotatable bonds is 8. The van der Waals surface area contributed by atoms with Crippen LogP contribution >= 0.6 is 0 Å². The van der Waals surface area contributed by atoms with Crippen LogP contribution in [0.4, 0.5) is 5.69 Å². The molecule has 1 heterocycles. The van der Waals surface area contributed by atoms with E-state index in [1.54, 1.807) is 6.21 Å². The molecule has 1 N–H and O–H groups in total. The van der Waals surface area contributed by atoms with Gasteiger partial charge in [0.15, 0.2) is 6.61 Å². The van der Waals surface area contributed by atoms with E-state index < -0.39 is 0 Å². The second-order valence-electron chi connectivity index (χ2n) is 6.91. The maximum absolute atomic E-state index is 11.8. The Morgan fingerprint density at radius 3 is 2.78 bits per heavy atom. The number of oxime groups is 1. The van der Waals surface area contributed by atoms with E-state index in [4.69, 9.17) is 9.57 Å². The molecular weight excluding hydrogens is 342 g/mol. The van der Waals surface area contributed by atoms with Gasteiger partial charge in [-0.1, -0.05) is 28.9 Å². The second-order valence-corrected chi connectivity index (χ2v) is 6.91. The van der Waals surface area contributed by atoms with E-state index in [0.717, 1.165) is 38.3 Å². The fourth-order valence-electron chi connectivity index (χ4n) is 3.33. The summed E-state index contributed by atoms with van der Waals surface area (Å²) in [6, 6.07) is 8.13. The van der Waals surface area contributed by atoms with Crippen LogP contribution < -0.4 is 10.2 Å². The van der Waals surface area contributed by atoms with Gasteiger partial charge in [0, 0.05) is 25.3 Å². The van der Waals surface area contributed by atoms with Crippen LogP contribution in [0.15, 0.2) is 41.1 Å². The standard InChI is InChI=1S/C21H29N3O3/c25-21(22-11-10-18-4-2-1-3-5-18)17-27-23-16-19-6-8-20(9-7-19)24-12-14-26-15-13-24/h4,6-9,16H,1-3,5,10-15,17H2,(H,22,25). The van der Waals surface area contributed by atoms with Crippen molar-refractivity contribution in [3.05, 3.63) is 41.5 Å². The number of allylic oxidation sites excluding steroid dienone is 1. The molecule has 1 aliphatic carbocycles. The molecule has 1 aromatic carbocycles. The Balaban J connectivity index is 1.32. The van der Waals surface area contributed by atoms with Crippen molar-refractivity contribution in [1.29, 1.82) is 0 Å². The molecule has 0 unspecified atom stereocenters. The fourth-order valence-corrected chi connectivity index (χ4v) is 3.33. The second kappa shape index (κ2) is 10.7. The number of benzene rings is 1. The molecule has 146 valence electrons. The van der Waals surface area contributed by atoms with E-state index in [1.807, 2.05) is 12.1 Å². The first-order valence-corrected chi connectivity index (χ1v) is 9.84. The van der Waals surface area contributed by atoms with Crippen molar-refractivity contribution >= 4 is 17.8 Å². The normalized spacial score (nSPS) is 17.6. The zero-order chi connectivity index (χ0) is 18.7. The Kier molecular flexibility index (Phi) is 7.71. The summed E-state index contributed by atoms with van der Waals surface area (Å²) in [5.41, 5.74) is 3.58. The lowest BCUT2D eigenvalue weighted by Gasteiger charge is -2.28. The molecule has 0 bridgehead atoms. The number of morpholine rings is 1. The third-order valence-corrected chi connectivity index (χ3v) is 4.89. The number of nitrogens with zero attached hydrogens (tertiary/aromatic N) is 2. The van der Waals surface area contributed by atoms with Crippen molar-refractivity contribution in [3.8, 4) is 0 Å².